The SMILES string of the molecule is CC(n1cncn1)C1(C(C)(C)C)CO1. The van der Waals surface area contributed by atoms with Gasteiger partial charge in [-0.05, 0) is 12.3 Å². The Labute approximate surface area is 84.3 Å². The van der Waals surface area contributed by atoms with E-state index >= 15 is 0 Å². The van der Waals surface area contributed by atoms with E-state index < -0.39 is 0 Å². The van der Waals surface area contributed by atoms with Crippen molar-refractivity contribution >= 4 is 0 Å². The molecule has 2 heterocycles. The summed E-state index contributed by atoms with van der Waals surface area (Å²) in [5.74, 6) is 0. The number of aromatic nitrogens is 3. The molecule has 0 aromatic carbocycles. The molecule has 2 unspecified atom stereocenters. The lowest BCUT2D eigenvalue weighted by Crippen LogP contribution is -2.38. The topological polar surface area (TPSA) is 43.2 Å². The Bertz CT molecular complexity index is 309. The van der Waals surface area contributed by atoms with Crippen LogP contribution in [0.25, 0.3) is 0 Å². The molecule has 1 aliphatic rings. The molecule has 1 aliphatic heterocycles. The van der Waals surface area contributed by atoms with Crippen LogP contribution < -0.4 is 0 Å². The van der Waals surface area contributed by atoms with Crippen LogP contribution in [0.15, 0.2) is 12.7 Å². The Kier molecular flexibility index (Phi) is 1.93. The van der Waals surface area contributed by atoms with Crippen molar-refractivity contribution in [3.8, 4) is 0 Å². The molecule has 4 heteroatoms. The van der Waals surface area contributed by atoms with Crippen molar-refractivity contribution in [2.45, 2.75) is 39.3 Å². The minimum Gasteiger partial charge on any atom is -0.367 e. The predicted octanol–water partition coefficient (Wildman–Crippen LogP) is 1.65. The van der Waals surface area contributed by atoms with E-state index in [2.05, 4.69) is 37.8 Å². The first kappa shape index (κ1) is 9.65. The van der Waals surface area contributed by atoms with Crippen LogP contribution in [0.3, 0.4) is 0 Å². The van der Waals surface area contributed by atoms with Crippen LogP contribution in [0.5, 0.6) is 0 Å². The summed E-state index contributed by atoms with van der Waals surface area (Å²) in [6.45, 7) is 9.55. The van der Waals surface area contributed by atoms with Crippen molar-refractivity contribution in [1.82, 2.24) is 14.8 Å². The lowest BCUT2D eigenvalue weighted by Gasteiger charge is -2.32. The zero-order chi connectivity index (χ0) is 10.4. The van der Waals surface area contributed by atoms with Crippen LogP contribution >= 0.6 is 0 Å². The maximum atomic E-state index is 5.66. The minimum absolute atomic E-state index is 0.0688. The lowest BCUT2D eigenvalue weighted by atomic mass is 9.77. The lowest BCUT2D eigenvalue weighted by molar-refractivity contribution is 0.0980. The fourth-order valence-corrected chi connectivity index (χ4v) is 2.01. The van der Waals surface area contributed by atoms with Crippen molar-refractivity contribution in [1.29, 1.82) is 0 Å². The molecule has 1 aromatic heterocycles. The molecule has 1 aromatic rings. The van der Waals surface area contributed by atoms with Gasteiger partial charge in [-0.3, -0.25) is 0 Å². The highest BCUT2D eigenvalue weighted by Crippen LogP contribution is 2.51. The largest absolute Gasteiger partial charge is 0.367 e. The second-order valence-corrected chi connectivity index (χ2v) is 4.98. The van der Waals surface area contributed by atoms with Crippen LogP contribution in [0.2, 0.25) is 0 Å². The first-order chi connectivity index (χ1) is 6.47. The van der Waals surface area contributed by atoms with Gasteiger partial charge in [0.25, 0.3) is 0 Å². The molecule has 0 aliphatic carbocycles. The van der Waals surface area contributed by atoms with Crippen molar-refractivity contribution in [3.63, 3.8) is 0 Å². The van der Waals surface area contributed by atoms with Crippen molar-refractivity contribution in [3.05, 3.63) is 12.7 Å². The average molecular weight is 195 g/mol. The Morgan fingerprint density at radius 2 is 2.14 bits per heavy atom. The number of epoxide rings is 1. The molecule has 0 radical (unpaired) electrons. The van der Waals surface area contributed by atoms with Crippen LogP contribution in [0.1, 0.15) is 33.7 Å². The van der Waals surface area contributed by atoms with Gasteiger partial charge in [-0.2, -0.15) is 5.10 Å². The highest BCUT2D eigenvalue weighted by atomic mass is 16.6. The van der Waals surface area contributed by atoms with E-state index in [1.165, 1.54) is 0 Å². The molecule has 1 fully saturated rings. The molecular weight excluding hydrogens is 178 g/mol. The molecule has 0 amide bonds. The standard InChI is InChI=1S/C10H17N3O/c1-8(13-7-11-6-12-13)10(5-14-10)9(2,3)4/h6-8H,5H2,1-4H3. The number of rotatable bonds is 2. The smallest absolute Gasteiger partial charge is 0.137 e. The molecule has 2 atom stereocenters. The summed E-state index contributed by atoms with van der Waals surface area (Å²) in [5, 5.41) is 4.16. The number of nitrogens with zero attached hydrogens (tertiary/aromatic N) is 3. The molecular formula is C10H17N3O. The first-order valence-corrected chi connectivity index (χ1v) is 4.95. The monoisotopic (exact) mass is 195 g/mol. The fraction of sp³-hybridized carbons (Fsp3) is 0.800. The molecule has 0 bridgehead atoms. The highest BCUT2D eigenvalue weighted by Gasteiger charge is 2.58. The van der Waals surface area contributed by atoms with Gasteiger partial charge in [0.1, 0.15) is 18.3 Å². The van der Waals surface area contributed by atoms with Gasteiger partial charge in [-0.15, -0.1) is 0 Å². The van der Waals surface area contributed by atoms with Gasteiger partial charge in [0.05, 0.1) is 12.6 Å². The van der Waals surface area contributed by atoms with E-state index in [0.717, 1.165) is 6.61 Å². The Balaban J connectivity index is 2.24. The minimum atomic E-state index is -0.0688. The van der Waals surface area contributed by atoms with Gasteiger partial charge in [0.2, 0.25) is 0 Å². The summed E-state index contributed by atoms with van der Waals surface area (Å²) in [5.41, 5.74) is 0.0685. The van der Waals surface area contributed by atoms with Gasteiger partial charge < -0.3 is 4.74 Å². The third-order valence-electron chi connectivity index (χ3n) is 3.23. The Morgan fingerprint density at radius 3 is 2.50 bits per heavy atom. The van der Waals surface area contributed by atoms with Gasteiger partial charge >= 0.3 is 0 Å². The van der Waals surface area contributed by atoms with E-state index in [1.807, 2.05) is 4.68 Å². The van der Waals surface area contributed by atoms with E-state index in [9.17, 15) is 0 Å². The number of hydrogen-bond donors (Lipinski definition) is 0. The molecule has 4 nitrogen and oxygen atoms in total. The Morgan fingerprint density at radius 1 is 1.50 bits per heavy atom. The molecule has 0 N–H and O–H groups in total. The third kappa shape index (κ3) is 1.25. The first-order valence-electron chi connectivity index (χ1n) is 4.95. The molecule has 0 saturated carbocycles. The summed E-state index contributed by atoms with van der Waals surface area (Å²) in [6, 6.07) is 0.241. The zero-order valence-corrected chi connectivity index (χ0v) is 9.19. The predicted molar refractivity (Wildman–Crippen MR) is 52.9 cm³/mol. The highest BCUT2D eigenvalue weighted by molar-refractivity contribution is 5.06. The van der Waals surface area contributed by atoms with Crippen molar-refractivity contribution < 1.29 is 4.74 Å². The summed E-state index contributed by atoms with van der Waals surface area (Å²) >= 11 is 0. The fourth-order valence-electron chi connectivity index (χ4n) is 2.01. The maximum absolute atomic E-state index is 5.66. The second-order valence-electron chi connectivity index (χ2n) is 4.98. The number of ether oxygens (including phenoxy) is 1. The molecule has 78 valence electrons. The summed E-state index contributed by atoms with van der Waals surface area (Å²) < 4.78 is 7.53. The molecule has 0 spiro atoms. The number of hydrogen-bond acceptors (Lipinski definition) is 3. The zero-order valence-electron chi connectivity index (χ0n) is 9.19. The van der Waals surface area contributed by atoms with Crippen molar-refractivity contribution in [2.75, 3.05) is 6.61 Å². The molecule has 2 rings (SSSR count). The quantitative estimate of drug-likeness (QED) is 0.674. The second kappa shape index (κ2) is 2.79. The van der Waals surface area contributed by atoms with Crippen LogP contribution in [0, 0.1) is 5.41 Å². The Hall–Kier alpha value is -0.900. The van der Waals surface area contributed by atoms with E-state index in [0.29, 0.717) is 0 Å². The average Bonchev–Trinajstić information content (AvgIpc) is 2.73. The van der Waals surface area contributed by atoms with Crippen LogP contribution in [-0.4, -0.2) is 27.0 Å². The van der Waals surface area contributed by atoms with Gasteiger partial charge in [0, 0.05) is 0 Å². The van der Waals surface area contributed by atoms with E-state index in [-0.39, 0.29) is 17.1 Å². The maximum Gasteiger partial charge on any atom is 0.137 e. The normalized spacial score (nSPS) is 28.9. The van der Waals surface area contributed by atoms with Gasteiger partial charge in [-0.1, -0.05) is 20.8 Å². The van der Waals surface area contributed by atoms with Crippen LogP contribution in [-0.2, 0) is 4.74 Å². The summed E-state index contributed by atoms with van der Waals surface area (Å²) in [7, 11) is 0. The molecule has 14 heavy (non-hydrogen) atoms. The summed E-state index contributed by atoms with van der Waals surface area (Å²) in [4.78, 5) is 3.96. The van der Waals surface area contributed by atoms with Gasteiger partial charge in [0.15, 0.2) is 0 Å². The van der Waals surface area contributed by atoms with E-state index in [4.69, 9.17) is 4.74 Å². The van der Waals surface area contributed by atoms with Gasteiger partial charge in [-0.25, -0.2) is 9.67 Å². The molecule has 1 saturated heterocycles. The third-order valence-corrected chi connectivity index (χ3v) is 3.23. The summed E-state index contributed by atoms with van der Waals surface area (Å²) in [6.07, 6.45) is 3.31. The van der Waals surface area contributed by atoms with Crippen molar-refractivity contribution in [2.24, 2.45) is 5.41 Å². The van der Waals surface area contributed by atoms with Crippen LogP contribution in [0.4, 0.5) is 0 Å². The van der Waals surface area contributed by atoms with E-state index in [1.54, 1.807) is 12.7 Å².